The number of halogens is 1. The van der Waals surface area contributed by atoms with Crippen molar-refractivity contribution < 1.29 is 0 Å². The molecule has 18 heavy (non-hydrogen) atoms. The molecular weight excluding hydrogens is 242 g/mol. The topological polar surface area (TPSA) is 12.0 Å². The van der Waals surface area contributed by atoms with Crippen LogP contribution in [0.3, 0.4) is 0 Å². The second-order valence-electron chi connectivity index (χ2n) is 4.64. The van der Waals surface area contributed by atoms with Gasteiger partial charge in [0.05, 0.1) is 0 Å². The predicted octanol–water partition coefficient (Wildman–Crippen LogP) is 4.34. The second-order valence-corrected chi connectivity index (χ2v) is 5.05. The minimum absolute atomic E-state index is 0.825. The maximum Gasteiger partial charge on any atom is 0.0441 e. The number of rotatable bonds is 3. The van der Waals surface area contributed by atoms with Gasteiger partial charge in [-0.1, -0.05) is 41.9 Å². The van der Waals surface area contributed by atoms with Crippen molar-refractivity contribution in [1.82, 2.24) is 5.32 Å². The van der Waals surface area contributed by atoms with Gasteiger partial charge < -0.3 is 5.32 Å². The Morgan fingerprint density at radius 2 is 1.78 bits per heavy atom. The summed E-state index contributed by atoms with van der Waals surface area (Å²) >= 11 is 6.19. The fourth-order valence-electron chi connectivity index (χ4n) is 2.12. The normalized spacial score (nSPS) is 10.7. The first-order valence-corrected chi connectivity index (χ1v) is 6.50. The maximum absolute atomic E-state index is 6.19. The van der Waals surface area contributed by atoms with E-state index < -0.39 is 0 Å². The van der Waals surface area contributed by atoms with Gasteiger partial charge in [-0.15, -0.1) is 0 Å². The minimum Gasteiger partial charge on any atom is -0.316 e. The lowest BCUT2D eigenvalue weighted by Gasteiger charge is -2.10. The van der Waals surface area contributed by atoms with E-state index in [-0.39, 0.29) is 0 Å². The molecule has 0 radical (unpaired) electrons. The summed E-state index contributed by atoms with van der Waals surface area (Å²) in [6, 6.07) is 12.8. The van der Waals surface area contributed by atoms with Crippen molar-refractivity contribution in [2.45, 2.75) is 20.4 Å². The smallest absolute Gasteiger partial charge is 0.0441 e. The summed E-state index contributed by atoms with van der Waals surface area (Å²) in [5.41, 5.74) is 6.13. The highest BCUT2D eigenvalue weighted by molar-refractivity contribution is 6.31. The van der Waals surface area contributed by atoms with Gasteiger partial charge in [-0.2, -0.15) is 0 Å². The highest BCUT2D eigenvalue weighted by atomic mass is 35.5. The van der Waals surface area contributed by atoms with Gasteiger partial charge in [-0.3, -0.25) is 0 Å². The van der Waals surface area contributed by atoms with Crippen LogP contribution in [0.2, 0.25) is 5.02 Å². The average Bonchev–Trinajstić information content (AvgIpc) is 2.34. The van der Waals surface area contributed by atoms with Gasteiger partial charge in [0.25, 0.3) is 0 Å². The van der Waals surface area contributed by atoms with Crippen LogP contribution >= 0.6 is 11.6 Å². The molecule has 1 N–H and O–H groups in total. The molecule has 0 unspecified atom stereocenters. The summed E-state index contributed by atoms with van der Waals surface area (Å²) < 4.78 is 0. The lowest BCUT2D eigenvalue weighted by molar-refractivity contribution is 0.817. The summed E-state index contributed by atoms with van der Waals surface area (Å²) in [6.45, 7) is 5.06. The first-order chi connectivity index (χ1) is 8.61. The van der Waals surface area contributed by atoms with Crippen LogP contribution in [0.25, 0.3) is 11.1 Å². The molecule has 0 heterocycles. The van der Waals surface area contributed by atoms with Crippen molar-refractivity contribution in [3.8, 4) is 11.1 Å². The van der Waals surface area contributed by atoms with Gasteiger partial charge in [-0.25, -0.2) is 0 Å². The van der Waals surface area contributed by atoms with E-state index >= 15 is 0 Å². The first kappa shape index (κ1) is 13.1. The molecule has 0 aromatic heterocycles. The zero-order valence-corrected chi connectivity index (χ0v) is 11.8. The lowest BCUT2D eigenvalue weighted by atomic mass is 9.97. The second kappa shape index (κ2) is 5.55. The fraction of sp³-hybridized carbons (Fsp3) is 0.250. The molecular formula is C16H18ClN. The van der Waals surface area contributed by atoms with Gasteiger partial charge in [0.2, 0.25) is 0 Å². The number of aryl methyl sites for hydroxylation is 2. The molecule has 2 rings (SSSR count). The average molecular weight is 260 g/mol. The first-order valence-electron chi connectivity index (χ1n) is 6.12. The van der Waals surface area contributed by atoms with Crippen molar-refractivity contribution in [3.63, 3.8) is 0 Å². The van der Waals surface area contributed by atoms with Crippen LogP contribution in [0.5, 0.6) is 0 Å². The molecule has 2 aromatic carbocycles. The fourth-order valence-corrected chi connectivity index (χ4v) is 2.30. The largest absolute Gasteiger partial charge is 0.316 e. The van der Waals surface area contributed by atoms with Crippen LogP contribution in [0.15, 0.2) is 36.4 Å². The zero-order chi connectivity index (χ0) is 13.1. The zero-order valence-electron chi connectivity index (χ0n) is 11.0. The van der Waals surface area contributed by atoms with Crippen molar-refractivity contribution in [3.05, 3.63) is 58.1 Å². The molecule has 1 nitrogen and oxygen atoms in total. The van der Waals surface area contributed by atoms with Crippen LogP contribution in [0.1, 0.15) is 16.7 Å². The highest BCUT2D eigenvalue weighted by Crippen LogP contribution is 2.28. The van der Waals surface area contributed by atoms with E-state index in [1.807, 2.05) is 20.0 Å². The minimum atomic E-state index is 0.825. The van der Waals surface area contributed by atoms with Crippen molar-refractivity contribution in [2.24, 2.45) is 0 Å². The predicted molar refractivity (Wildman–Crippen MR) is 79.1 cm³/mol. The van der Waals surface area contributed by atoms with Gasteiger partial charge in [0.1, 0.15) is 0 Å². The standard InChI is InChI=1S/C16H18ClN/c1-11-4-6-14(9-16(11)17)15-7-5-13(10-18-3)8-12(15)2/h4-9,18H,10H2,1-3H3. The third-order valence-corrected chi connectivity index (χ3v) is 3.56. The van der Waals surface area contributed by atoms with Crippen LogP contribution < -0.4 is 5.32 Å². The molecule has 0 amide bonds. The molecule has 0 atom stereocenters. The number of benzene rings is 2. The van der Waals surface area contributed by atoms with Crippen LogP contribution in [0.4, 0.5) is 0 Å². The monoisotopic (exact) mass is 259 g/mol. The van der Waals surface area contributed by atoms with Gasteiger partial charge in [0, 0.05) is 11.6 Å². The third kappa shape index (κ3) is 2.74. The van der Waals surface area contributed by atoms with Gasteiger partial charge in [0.15, 0.2) is 0 Å². The quantitative estimate of drug-likeness (QED) is 0.865. The third-order valence-electron chi connectivity index (χ3n) is 3.15. The molecule has 94 valence electrons. The van der Waals surface area contributed by atoms with E-state index in [0.717, 1.165) is 17.1 Å². The van der Waals surface area contributed by atoms with Crippen molar-refractivity contribution in [2.75, 3.05) is 7.05 Å². The maximum atomic E-state index is 6.19. The van der Waals surface area contributed by atoms with E-state index in [2.05, 4.69) is 42.6 Å². The van der Waals surface area contributed by atoms with E-state index in [4.69, 9.17) is 11.6 Å². The Morgan fingerprint density at radius 1 is 1.00 bits per heavy atom. The molecule has 0 fully saturated rings. The lowest BCUT2D eigenvalue weighted by Crippen LogP contribution is -2.05. The summed E-state index contributed by atoms with van der Waals surface area (Å²) in [5.74, 6) is 0. The van der Waals surface area contributed by atoms with Crippen LogP contribution in [-0.2, 0) is 6.54 Å². The van der Waals surface area contributed by atoms with E-state index in [0.29, 0.717) is 0 Å². The summed E-state index contributed by atoms with van der Waals surface area (Å²) in [7, 11) is 1.96. The van der Waals surface area contributed by atoms with Gasteiger partial charge >= 0.3 is 0 Å². The summed E-state index contributed by atoms with van der Waals surface area (Å²) in [5, 5.41) is 3.99. The number of hydrogen-bond acceptors (Lipinski definition) is 1. The Balaban J connectivity index is 2.41. The van der Waals surface area contributed by atoms with E-state index in [1.165, 1.54) is 22.3 Å². The Bertz CT molecular complexity index is 561. The Kier molecular flexibility index (Phi) is 4.05. The van der Waals surface area contributed by atoms with Crippen LogP contribution in [-0.4, -0.2) is 7.05 Å². The number of nitrogens with one attached hydrogen (secondary N) is 1. The summed E-state index contributed by atoms with van der Waals surface area (Å²) in [4.78, 5) is 0. The van der Waals surface area contributed by atoms with Crippen molar-refractivity contribution >= 4 is 11.6 Å². The molecule has 0 aliphatic heterocycles. The van der Waals surface area contributed by atoms with E-state index in [1.54, 1.807) is 0 Å². The summed E-state index contributed by atoms with van der Waals surface area (Å²) in [6.07, 6.45) is 0. The molecule has 0 saturated heterocycles. The van der Waals surface area contributed by atoms with Crippen LogP contribution in [0, 0.1) is 13.8 Å². The molecule has 0 aliphatic rings. The van der Waals surface area contributed by atoms with Crippen molar-refractivity contribution in [1.29, 1.82) is 0 Å². The highest BCUT2D eigenvalue weighted by Gasteiger charge is 2.05. The van der Waals surface area contributed by atoms with Gasteiger partial charge in [-0.05, 0) is 54.8 Å². The SMILES string of the molecule is CNCc1ccc(-c2ccc(C)c(Cl)c2)c(C)c1. The molecule has 0 aliphatic carbocycles. The molecule has 0 bridgehead atoms. The molecule has 2 heteroatoms. The molecule has 2 aromatic rings. The Labute approximate surface area is 114 Å². The molecule has 0 saturated carbocycles. The Hall–Kier alpha value is -1.31. The Morgan fingerprint density at radius 3 is 2.39 bits per heavy atom. The molecule has 0 spiro atoms. The number of hydrogen-bond donors (Lipinski definition) is 1. The van der Waals surface area contributed by atoms with E-state index in [9.17, 15) is 0 Å².